The third-order valence-corrected chi connectivity index (χ3v) is 1.46. The molecule has 69 valence electrons. The fraction of sp³-hybridized carbons (Fsp3) is 0.333. The second-order valence-electron chi connectivity index (χ2n) is 3.01. The van der Waals surface area contributed by atoms with E-state index in [9.17, 15) is 4.79 Å². The lowest BCUT2D eigenvalue weighted by Gasteiger charge is -2.08. The van der Waals surface area contributed by atoms with Gasteiger partial charge >= 0.3 is 0 Å². The lowest BCUT2D eigenvalue weighted by atomic mass is 10.2. The molecule has 4 nitrogen and oxygen atoms in total. The average Bonchev–Trinajstić information content (AvgIpc) is 2.03. The Hall–Kier alpha value is -1.58. The van der Waals surface area contributed by atoms with Gasteiger partial charge in [0.05, 0.1) is 11.3 Å². The monoisotopic (exact) mass is 178 g/mol. The van der Waals surface area contributed by atoms with Crippen LogP contribution in [0.15, 0.2) is 12.3 Å². The van der Waals surface area contributed by atoms with Gasteiger partial charge in [-0.25, -0.2) is 0 Å². The van der Waals surface area contributed by atoms with Gasteiger partial charge in [0.1, 0.15) is 6.20 Å². The van der Waals surface area contributed by atoms with Gasteiger partial charge < -0.3 is 11.1 Å². The molecule has 3 N–H and O–H groups in total. The molecule has 13 heavy (non-hydrogen) atoms. The lowest BCUT2D eigenvalue weighted by molar-refractivity contribution is 0.0944. The van der Waals surface area contributed by atoms with Gasteiger partial charge in [-0.2, -0.15) is 0 Å². The Morgan fingerprint density at radius 2 is 2.38 bits per heavy atom. The highest BCUT2D eigenvalue weighted by Gasteiger charge is 2.09. The number of nitrogens with two attached hydrogens (primary N) is 1. The molecule has 0 bridgehead atoms. The van der Waals surface area contributed by atoms with Gasteiger partial charge in [-0.1, -0.05) is 0 Å². The van der Waals surface area contributed by atoms with E-state index < -0.39 is 0 Å². The van der Waals surface area contributed by atoms with Crippen LogP contribution in [0.4, 0.5) is 5.69 Å². The molecule has 0 aliphatic rings. The summed E-state index contributed by atoms with van der Waals surface area (Å²) >= 11 is 0. The van der Waals surface area contributed by atoms with Crippen molar-refractivity contribution in [1.82, 2.24) is 10.3 Å². The molecule has 0 unspecified atom stereocenters. The SMILES string of the molecule is CC(C)NC(=O)c1ccn[c]c1N. The van der Waals surface area contributed by atoms with Crippen LogP contribution in [0.1, 0.15) is 24.2 Å². The Morgan fingerprint density at radius 1 is 1.69 bits per heavy atom. The standard InChI is InChI=1S/C9H12N3O/c1-6(2)12-9(13)7-3-4-11-5-8(7)10/h3-4,6H,10H2,1-2H3,(H,12,13). The number of hydrogen-bond acceptors (Lipinski definition) is 3. The molecule has 0 aliphatic heterocycles. The Balaban J connectivity index is 2.83. The van der Waals surface area contributed by atoms with Crippen molar-refractivity contribution in [2.75, 3.05) is 5.73 Å². The van der Waals surface area contributed by atoms with Crippen LogP contribution in [-0.2, 0) is 0 Å². The molecule has 0 aliphatic carbocycles. The van der Waals surface area contributed by atoms with Gasteiger partial charge in [0.15, 0.2) is 0 Å². The second-order valence-corrected chi connectivity index (χ2v) is 3.01. The number of anilines is 1. The van der Waals surface area contributed by atoms with Crippen molar-refractivity contribution in [3.8, 4) is 0 Å². The van der Waals surface area contributed by atoms with Crippen molar-refractivity contribution >= 4 is 11.6 Å². The number of nitrogen functional groups attached to an aromatic ring is 1. The minimum Gasteiger partial charge on any atom is -0.396 e. The van der Waals surface area contributed by atoms with E-state index in [0.29, 0.717) is 5.56 Å². The average molecular weight is 178 g/mol. The van der Waals surface area contributed by atoms with E-state index >= 15 is 0 Å². The Kier molecular flexibility index (Phi) is 2.84. The first-order valence-electron chi connectivity index (χ1n) is 4.04. The minimum atomic E-state index is -0.189. The zero-order valence-corrected chi connectivity index (χ0v) is 7.66. The molecule has 0 spiro atoms. The van der Waals surface area contributed by atoms with E-state index in [0.717, 1.165) is 0 Å². The summed E-state index contributed by atoms with van der Waals surface area (Å²) in [6.07, 6.45) is 4.01. The highest BCUT2D eigenvalue weighted by atomic mass is 16.1. The van der Waals surface area contributed by atoms with Crippen LogP contribution in [0, 0.1) is 6.20 Å². The molecule has 1 radical (unpaired) electrons. The van der Waals surface area contributed by atoms with Crippen molar-refractivity contribution in [2.24, 2.45) is 0 Å². The predicted octanol–water partition coefficient (Wildman–Crippen LogP) is 0.602. The third-order valence-electron chi connectivity index (χ3n) is 1.46. The van der Waals surface area contributed by atoms with Gasteiger partial charge in [0, 0.05) is 12.2 Å². The normalized spacial score (nSPS) is 10.1. The summed E-state index contributed by atoms with van der Waals surface area (Å²) < 4.78 is 0. The third kappa shape index (κ3) is 2.43. The molecule has 1 aromatic rings. The molecule has 0 saturated heterocycles. The van der Waals surface area contributed by atoms with Crippen LogP contribution in [0.5, 0.6) is 0 Å². The van der Waals surface area contributed by atoms with E-state index in [4.69, 9.17) is 5.73 Å². The van der Waals surface area contributed by atoms with Gasteiger partial charge in [0.2, 0.25) is 0 Å². The highest BCUT2D eigenvalue weighted by Crippen LogP contribution is 2.07. The minimum absolute atomic E-state index is 0.0973. The summed E-state index contributed by atoms with van der Waals surface area (Å²) in [4.78, 5) is 15.1. The fourth-order valence-corrected chi connectivity index (χ4v) is 0.907. The molecule has 1 heterocycles. The number of carbonyl (C=O) groups is 1. The van der Waals surface area contributed by atoms with E-state index in [1.807, 2.05) is 13.8 Å². The van der Waals surface area contributed by atoms with Crippen LogP contribution in [0.3, 0.4) is 0 Å². The largest absolute Gasteiger partial charge is 0.396 e. The summed E-state index contributed by atoms with van der Waals surface area (Å²) in [5.74, 6) is -0.189. The highest BCUT2D eigenvalue weighted by molar-refractivity contribution is 5.98. The lowest BCUT2D eigenvalue weighted by Crippen LogP contribution is -2.30. The quantitative estimate of drug-likeness (QED) is 0.697. The van der Waals surface area contributed by atoms with Crippen molar-refractivity contribution in [1.29, 1.82) is 0 Å². The van der Waals surface area contributed by atoms with Gasteiger partial charge in [-0.3, -0.25) is 9.78 Å². The summed E-state index contributed by atoms with van der Waals surface area (Å²) in [7, 11) is 0. The molecule has 1 amide bonds. The van der Waals surface area contributed by atoms with Crippen molar-refractivity contribution in [3.63, 3.8) is 0 Å². The van der Waals surface area contributed by atoms with E-state index in [-0.39, 0.29) is 17.6 Å². The maximum Gasteiger partial charge on any atom is 0.253 e. The first-order chi connectivity index (χ1) is 6.11. The number of carbonyl (C=O) groups excluding carboxylic acids is 1. The topological polar surface area (TPSA) is 68.0 Å². The Labute approximate surface area is 77.2 Å². The molecule has 0 atom stereocenters. The molecule has 1 aromatic heterocycles. The summed E-state index contributed by atoms with van der Waals surface area (Å²) in [6, 6.07) is 1.67. The smallest absolute Gasteiger partial charge is 0.253 e. The van der Waals surface area contributed by atoms with Gasteiger partial charge in [-0.05, 0) is 19.9 Å². The molecule has 0 fully saturated rings. The van der Waals surface area contributed by atoms with E-state index in [1.165, 1.54) is 6.20 Å². The van der Waals surface area contributed by atoms with Gasteiger partial charge in [-0.15, -0.1) is 0 Å². The number of aromatic nitrogens is 1. The Morgan fingerprint density at radius 3 is 2.92 bits per heavy atom. The van der Waals surface area contributed by atoms with Crippen LogP contribution < -0.4 is 11.1 Å². The molecule has 1 rings (SSSR count). The zero-order valence-electron chi connectivity index (χ0n) is 7.66. The summed E-state index contributed by atoms with van der Waals surface area (Å²) in [6.45, 7) is 3.78. The molecule has 0 saturated carbocycles. The fourth-order valence-electron chi connectivity index (χ4n) is 0.907. The number of nitrogens with zero attached hydrogens (tertiary/aromatic N) is 1. The zero-order chi connectivity index (χ0) is 9.84. The number of nitrogens with one attached hydrogen (secondary N) is 1. The van der Waals surface area contributed by atoms with Crippen LogP contribution in [0.25, 0.3) is 0 Å². The molecular formula is C9H12N3O. The van der Waals surface area contributed by atoms with Crippen LogP contribution in [-0.4, -0.2) is 16.9 Å². The van der Waals surface area contributed by atoms with E-state index in [1.54, 1.807) is 6.07 Å². The summed E-state index contributed by atoms with van der Waals surface area (Å²) in [5, 5.41) is 2.73. The molecule has 4 heteroatoms. The maximum atomic E-state index is 11.4. The molecule has 0 aromatic carbocycles. The summed E-state index contributed by atoms with van der Waals surface area (Å²) in [5.41, 5.74) is 6.22. The second kappa shape index (κ2) is 3.89. The first kappa shape index (κ1) is 9.51. The number of amides is 1. The number of rotatable bonds is 2. The first-order valence-corrected chi connectivity index (χ1v) is 4.04. The van der Waals surface area contributed by atoms with Crippen molar-refractivity contribution in [3.05, 3.63) is 24.0 Å². The number of hydrogen-bond donors (Lipinski definition) is 2. The van der Waals surface area contributed by atoms with Gasteiger partial charge in [0.25, 0.3) is 5.91 Å². The molecular weight excluding hydrogens is 166 g/mol. The van der Waals surface area contributed by atoms with E-state index in [2.05, 4.69) is 16.5 Å². The predicted molar refractivity (Wildman–Crippen MR) is 50.1 cm³/mol. The van der Waals surface area contributed by atoms with Crippen LogP contribution >= 0.6 is 0 Å². The van der Waals surface area contributed by atoms with Crippen molar-refractivity contribution < 1.29 is 4.79 Å². The van der Waals surface area contributed by atoms with Crippen LogP contribution in [0.2, 0.25) is 0 Å². The maximum absolute atomic E-state index is 11.4. The van der Waals surface area contributed by atoms with Crippen molar-refractivity contribution in [2.45, 2.75) is 19.9 Å². The Bertz CT molecular complexity index is 309. The number of pyridine rings is 1.